The molecule has 0 fully saturated rings. The number of imidazole rings is 1. The van der Waals surface area contributed by atoms with E-state index in [2.05, 4.69) is 41.5 Å². The third-order valence-electron chi connectivity index (χ3n) is 4.15. The highest BCUT2D eigenvalue weighted by Crippen LogP contribution is 2.18. The molecule has 0 amide bonds. The first kappa shape index (κ1) is 16.4. The number of rotatable bonds is 7. The smallest absolute Gasteiger partial charge is 0.0991 e. The molecule has 0 bridgehead atoms. The number of aliphatic hydroxyl groups excluding tert-OH is 1. The van der Waals surface area contributed by atoms with Crippen molar-refractivity contribution in [2.45, 2.75) is 32.0 Å². The second-order valence-corrected chi connectivity index (χ2v) is 6.08. The average molecular weight is 321 g/mol. The molecule has 0 aliphatic carbocycles. The standard InChI is InChI=1S/C20H23N3O/c1-16(13-20(24)18-5-3-2-4-6-18)22-14-17-7-9-19(10-8-17)23-12-11-21-15-23/h2-12,15-16,20,22,24H,13-14H2,1H3. The lowest BCUT2D eigenvalue weighted by atomic mass is 10.0. The summed E-state index contributed by atoms with van der Waals surface area (Å²) in [6, 6.07) is 18.4. The van der Waals surface area contributed by atoms with E-state index in [1.807, 2.05) is 41.1 Å². The maximum absolute atomic E-state index is 10.3. The summed E-state index contributed by atoms with van der Waals surface area (Å²) in [4.78, 5) is 4.06. The van der Waals surface area contributed by atoms with E-state index >= 15 is 0 Å². The minimum Gasteiger partial charge on any atom is -0.388 e. The second-order valence-electron chi connectivity index (χ2n) is 6.08. The van der Waals surface area contributed by atoms with Gasteiger partial charge in [0.2, 0.25) is 0 Å². The molecule has 4 nitrogen and oxygen atoms in total. The van der Waals surface area contributed by atoms with E-state index in [1.54, 1.807) is 12.5 Å². The number of nitrogens with zero attached hydrogens (tertiary/aromatic N) is 2. The predicted octanol–water partition coefficient (Wildman–Crippen LogP) is 3.47. The summed E-state index contributed by atoms with van der Waals surface area (Å²) >= 11 is 0. The number of hydrogen-bond acceptors (Lipinski definition) is 3. The van der Waals surface area contributed by atoms with Crippen LogP contribution >= 0.6 is 0 Å². The molecular weight excluding hydrogens is 298 g/mol. The number of aliphatic hydroxyl groups is 1. The quantitative estimate of drug-likeness (QED) is 0.700. The van der Waals surface area contributed by atoms with E-state index in [-0.39, 0.29) is 6.04 Å². The van der Waals surface area contributed by atoms with Crippen LogP contribution in [0.2, 0.25) is 0 Å². The zero-order valence-electron chi connectivity index (χ0n) is 13.8. The normalized spacial score (nSPS) is 13.6. The first-order valence-electron chi connectivity index (χ1n) is 8.26. The van der Waals surface area contributed by atoms with Gasteiger partial charge < -0.3 is 15.0 Å². The largest absolute Gasteiger partial charge is 0.388 e. The van der Waals surface area contributed by atoms with Crippen LogP contribution in [0.5, 0.6) is 0 Å². The Balaban J connectivity index is 1.50. The topological polar surface area (TPSA) is 50.1 Å². The maximum Gasteiger partial charge on any atom is 0.0991 e. The van der Waals surface area contributed by atoms with Crippen LogP contribution in [0.3, 0.4) is 0 Å². The molecule has 1 aromatic heterocycles. The second kappa shape index (κ2) is 7.90. The Hall–Kier alpha value is -2.43. The van der Waals surface area contributed by atoms with Gasteiger partial charge in [-0.2, -0.15) is 0 Å². The molecule has 0 saturated carbocycles. The van der Waals surface area contributed by atoms with Gasteiger partial charge in [-0.15, -0.1) is 0 Å². The van der Waals surface area contributed by atoms with E-state index < -0.39 is 6.10 Å². The van der Waals surface area contributed by atoms with E-state index in [1.165, 1.54) is 5.56 Å². The van der Waals surface area contributed by atoms with Crippen molar-refractivity contribution in [2.75, 3.05) is 0 Å². The highest BCUT2D eigenvalue weighted by Gasteiger charge is 2.11. The Kier molecular flexibility index (Phi) is 5.41. The maximum atomic E-state index is 10.3. The van der Waals surface area contributed by atoms with Crippen LogP contribution < -0.4 is 5.32 Å². The van der Waals surface area contributed by atoms with E-state index in [4.69, 9.17) is 0 Å². The molecule has 24 heavy (non-hydrogen) atoms. The molecule has 2 unspecified atom stereocenters. The molecule has 0 saturated heterocycles. The minimum absolute atomic E-state index is 0.230. The van der Waals surface area contributed by atoms with Crippen LogP contribution in [0.1, 0.15) is 30.6 Å². The zero-order valence-corrected chi connectivity index (χ0v) is 13.8. The molecule has 0 spiro atoms. The van der Waals surface area contributed by atoms with Crippen LogP contribution in [-0.4, -0.2) is 20.7 Å². The van der Waals surface area contributed by atoms with Gasteiger partial charge in [-0.05, 0) is 36.6 Å². The van der Waals surface area contributed by atoms with E-state index in [9.17, 15) is 5.11 Å². The Morgan fingerprint density at radius 2 is 1.83 bits per heavy atom. The SMILES string of the molecule is CC(CC(O)c1ccccc1)NCc1ccc(-n2ccnc2)cc1. The van der Waals surface area contributed by atoms with Gasteiger partial charge in [0.25, 0.3) is 0 Å². The molecule has 0 radical (unpaired) electrons. The number of benzene rings is 2. The van der Waals surface area contributed by atoms with Crippen molar-refractivity contribution in [3.63, 3.8) is 0 Å². The Bertz CT molecular complexity index is 723. The van der Waals surface area contributed by atoms with Crippen LogP contribution in [0.4, 0.5) is 0 Å². The van der Waals surface area contributed by atoms with Gasteiger partial charge in [0.1, 0.15) is 0 Å². The highest BCUT2D eigenvalue weighted by molar-refractivity contribution is 5.34. The molecule has 4 heteroatoms. The highest BCUT2D eigenvalue weighted by atomic mass is 16.3. The first-order valence-corrected chi connectivity index (χ1v) is 8.26. The van der Waals surface area contributed by atoms with Crippen molar-refractivity contribution < 1.29 is 5.11 Å². The van der Waals surface area contributed by atoms with Gasteiger partial charge in [0.05, 0.1) is 12.4 Å². The molecule has 3 rings (SSSR count). The lowest BCUT2D eigenvalue weighted by Gasteiger charge is -2.18. The fraction of sp³-hybridized carbons (Fsp3) is 0.250. The number of nitrogens with one attached hydrogen (secondary N) is 1. The van der Waals surface area contributed by atoms with E-state index in [0.29, 0.717) is 6.42 Å². The third kappa shape index (κ3) is 4.31. The Morgan fingerprint density at radius 1 is 1.08 bits per heavy atom. The molecule has 2 atom stereocenters. The molecule has 0 aliphatic rings. The summed E-state index contributed by atoms with van der Waals surface area (Å²) in [5.41, 5.74) is 3.29. The van der Waals surface area contributed by atoms with Gasteiger partial charge in [-0.3, -0.25) is 0 Å². The summed E-state index contributed by atoms with van der Waals surface area (Å²) in [6.07, 6.45) is 5.75. The third-order valence-corrected chi connectivity index (χ3v) is 4.15. The predicted molar refractivity (Wildman–Crippen MR) is 95.9 cm³/mol. The van der Waals surface area contributed by atoms with Crippen LogP contribution in [0.25, 0.3) is 5.69 Å². The zero-order chi connectivity index (χ0) is 16.8. The van der Waals surface area contributed by atoms with Gasteiger partial charge in [-0.1, -0.05) is 42.5 Å². The Morgan fingerprint density at radius 3 is 2.50 bits per heavy atom. The minimum atomic E-state index is -0.433. The van der Waals surface area contributed by atoms with Crippen LogP contribution in [-0.2, 0) is 6.54 Å². The molecular formula is C20H23N3O. The van der Waals surface area contributed by atoms with Crippen molar-refractivity contribution in [1.29, 1.82) is 0 Å². The van der Waals surface area contributed by atoms with Gasteiger partial charge in [0.15, 0.2) is 0 Å². The summed E-state index contributed by atoms with van der Waals surface area (Å²) in [6.45, 7) is 2.89. The molecule has 2 N–H and O–H groups in total. The molecule has 0 aliphatic heterocycles. The van der Waals surface area contributed by atoms with Crippen molar-refractivity contribution in [2.24, 2.45) is 0 Å². The molecule has 2 aromatic carbocycles. The fourth-order valence-electron chi connectivity index (χ4n) is 2.72. The Labute approximate surface area is 142 Å². The first-order chi connectivity index (χ1) is 11.7. The fourth-order valence-corrected chi connectivity index (χ4v) is 2.72. The molecule has 124 valence electrons. The summed E-state index contributed by atoms with van der Waals surface area (Å²) in [7, 11) is 0. The van der Waals surface area contributed by atoms with E-state index in [0.717, 1.165) is 17.8 Å². The van der Waals surface area contributed by atoms with Crippen LogP contribution in [0.15, 0.2) is 73.3 Å². The van der Waals surface area contributed by atoms with Gasteiger partial charge in [-0.25, -0.2) is 4.98 Å². The average Bonchev–Trinajstić information content (AvgIpc) is 3.16. The summed E-state index contributed by atoms with van der Waals surface area (Å²) in [5.74, 6) is 0. The number of hydrogen-bond donors (Lipinski definition) is 2. The molecule has 3 aromatic rings. The van der Waals surface area contributed by atoms with Gasteiger partial charge >= 0.3 is 0 Å². The van der Waals surface area contributed by atoms with Crippen molar-refractivity contribution in [1.82, 2.24) is 14.9 Å². The van der Waals surface area contributed by atoms with Crippen molar-refractivity contribution >= 4 is 0 Å². The summed E-state index contributed by atoms with van der Waals surface area (Å²) < 4.78 is 1.98. The lowest BCUT2D eigenvalue weighted by molar-refractivity contribution is 0.154. The summed E-state index contributed by atoms with van der Waals surface area (Å²) in [5, 5.41) is 13.8. The monoisotopic (exact) mass is 321 g/mol. The van der Waals surface area contributed by atoms with Crippen molar-refractivity contribution in [3.8, 4) is 5.69 Å². The molecule has 1 heterocycles. The van der Waals surface area contributed by atoms with Gasteiger partial charge in [0, 0.05) is 30.7 Å². The lowest BCUT2D eigenvalue weighted by Crippen LogP contribution is -2.27. The number of aromatic nitrogens is 2. The van der Waals surface area contributed by atoms with Crippen LogP contribution in [0, 0.1) is 0 Å². The van der Waals surface area contributed by atoms with Crippen molar-refractivity contribution in [3.05, 3.63) is 84.4 Å².